The summed E-state index contributed by atoms with van der Waals surface area (Å²) in [5.74, 6) is 0.317. The van der Waals surface area contributed by atoms with Crippen LogP contribution in [0.15, 0.2) is 34.8 Å². The molecule has 0 amide bonds. The number of benzene rings is 2. The lowest BCUT2D eigenvalue weighted by Crippen LogP contribution is -2.03. The fourth-order valence-corrected chi connectivity index (χ4v) is 2.37. The predicted molar refractivity (Wildman–Crippen MR) is 88.8 cm³/mol. The number of para-hydroxylation sites is 1. The maximum absolute atomic E-state index is 13.7. The lowest BCUT2D eigenvalue weighted by Gasteiger charge is -2.15. The van der Waals surface area contributed by atoms with E-state index in [1.807, 2.05) is 32.0 Å². The van der Waals surface area contributed by atoms with Crippen LogP contribution < -0.4 is 15.8 Å². The van der Waals surface area contributed by atoms with Crippen molar-refractivity contribution < 1.29 is 9.13 Å². The minimum Gasteiger partial charge on any atom is -0.491 e. The second-order valence-electron chi connectivity index (χ2n) is 4.77. The first-order valence-corrected chi connectivity index (χ1v) is 7.56. The van der Waals surface area contributed by atoms with E-state index in [9.17, 15) is 4.39 Å². The highest BCUT2D eigenvalue weighted by molar-refractivity contribution is 9.10. The van der Waals surface area contributed by atoms with E-state index in [-0.39, 0.29) is 5.82 Å². The Labute approximate surface area is 132 Å². The van der Waals surface area contributed by atoms with Crippen molar-refractivity contribution in [3.63, 3.8) is 0 Å². The molecule has 3 nitrogen and oxygen atoms in total. The van der Waals surface area contributed by atoms with E-state index in [4.69, 9.17) is 10.5 Å². The van der Waals surface area contributed by atoms with E-state index in [0.717, 1.165) is 12.0 Å². The number of rotatable bonds is 5. The zero-order chi connectivity index (χ0) is 15.4. The molecule has 3 N–H and O–H groups in total. The second-order valence-corrected chi connectivity index (χ2v) is 5.63. The Hall–Kier alpha value is -1.75. The third-order valence-corrected chi connectivity index (χ3v) is 3.67. The van der Waals surface area contributed by atoms with Crippen LogP contribution in [0.3, 0.4) is 0 Å². The van der Waals surface area contributed by atoms with Crippen molar-refractivity contribution in [2.75, 3.05) is 17.7 Å². The maximum atomic E-state index is 13.7. The summed E-state index contributed by atoms with van der Waals surface area (Å²) in [6.07, 6.45) is 0.911. The minimum atomic E-state index is -0.319. The summed E-state index contributed by atoms with van der Waals surface area (Å²) in [5, 5.41) is 3.16. The molecule has 0 heterocycles. The molecule has 0 saturated carbocycles. The van der Waals surface area contributed by atoms with Gasteiger partial charge in [-0.3, -0.25) is 0 Å². The highest BCUT2D eigenvalue weighted by Gasteiger charge is 2.09. The van der Waals surface area contributed by atoms with Crippen molar-refractivity contribution in [2.45, 2.75) is 20.3 Å². The van der Waals surface area contributed by atoms with Crippen LogP contribution in [0.5, 0.6) is 5.75 Å². The zero-order valence-corrected chi connectivity index (χ0v) is 13.6. The molecule has 0 aliphatic rings. The van der Waals surface area contributed by atoms with E-state index < -0.39 is 0 Å². The normalized spacial score (nSPS) is 10.5. The quantitative estimate of drug-likeness (QED) is 0.743. The van der Waals surface area contributed by atoms with Crippen LogP contribution in [0.4, 0.5) is 21.5 Å². The molecule has 5 heteroatoms. The van der Waals surface area contributed by atoms with Crippen molar-refractivity contribution in [1.29, 1.82) is 0 Å². The SMILES string of the molecule is CCCOc1cccc(Nc2cc(F)c(Br)cc2C)c1N. The summed E-state index contributed by atoms with van der Waals surface area (Å²) in [4.78, 5) is 0. The molecule has 112 valence electrons. The third-order valence-electron chi connectivity index (χ3n) is 3.06. The summed E-state index contributed by atoms with van der Waals surface area (Å²) in [5.41, 5.74) is 8.92. The number of anilines is 3. The Morgan fingerprint density at radius 2 is 2.05 bits per heavy atom. The third kappa shape index (κ3) is 3.67. The molecule has 2 aromatic carbocycles. The molecule has 21 heavy (non-hydrogen) atoms. The van der Waals surface area contributed by atoms with Crippen LogP contribution in [-0.4, -0.2) is 6.61 Å². The highest BCUT2D eigenvalue weighted by Crippen LogP contribution is 2.33. The predicted octanol–water partition coefficient (Wildman–Crippen LogP) is 5.01. The Kier molecular flexibility index (Phi) is 5.07. The Morgan fingerprint density at radius 1 is 1.29 bits per heavy atom. The number of hydrogen-bond acceptors (Lipinski definition) is 3. The average Bonchev–Trinajstić information content (AvgIpc) is 2.45. The number of hydrogen-bond donors (Lipinski definition) is 2. The van der Waals surface area contributed by atoms with Crippen LogP contribution in [-0.2, 0) is 0 Å². The fraction of sp³-hybridized carbons (Fsp3) is 0.250. The van der Waals surface area contributed by atoms with E-state index in [2.05, 4.69) is 21.2 Å². The van der Waals surface area contributed by atoms with Crippen molar-refractivity contribution in [3.8, 4) is 5.75 Å². The van der Waals surface area contributed by atoms with Crippen molar-refractivity contribution in [1.82, 2.24) is 0 Å². The van der Waals surface area contributed by atoms with Gasteiger partial charge in [-0.05, 0) is 59.1 Å². The van der Waals surface area contributed by atoms with E-state index in [1.165, 1.54) is 6.07 Å². The maximum Gasteiger partial charge on any atom is 0.144 e. The summed E-state index contributed by atoms with van der Waals surface area (Å²) >= 11 is 3.17. The van der Waals surface area contributed by atoms with Crippen LogP contribution in [0.25, 0.3) is 0 Å². The second kappa shape index (κ2) is 6.80. The molecule has 0 bridgehead atoms. The minimum absolute atomic E-state index is 0.319. The van der Waals surface area contributed by atoms with Crippen molar-refractivity contribution in [3.05, 3.63) is 46.2 Å². The molecule has 0 saturated heterocycles. The van der Waals surface area contributed by atoms with Gasteiger partial charge in [0.05, 0.1) is 22.5 Å². The lowest BCUT2D eigenvalue weighted by molar-refractivity contribution is 0.319. The largest absolute Gasteiger partial charge is 0.491 e. The lowest BCUT2D eigenvalue weighted by atomic mass is 10.1. The van der Waals surface area contributed by atoms with E-state index >= 15 is 0 Å². The van der Waals surface area contributed by atoms with Gasteiger partial charge in [-0.2, -0.15) is 0 Å². The smallest absolute Gasteiger partial charge is 0.144 e. The summed E-state index contributed by atoms with van der Waals surface area (Å²) in [6.45, 7) is 4.55. The topological polar surface area (TPSA) is 47.3 Å². The number of ether oxygens (including phenoxy) is 1. The van der Waals surface area contributed by atoms with Gasteiger partial charge in [-0.1, -0.05) is 13.0 Å². The zero-order valence-electron chi connectivity index (χ0n) is 12.0. The monoisotopic (exact) mass is 352 g/mol. The molecular formula is C16H18BrFN2O. The first-order chi connectivity index (χ1) is 10.0. The van der Waals surface area contributed by atoms with Gasteiger partial charge in [0.2, 0.25) is 0 Å². The molecule has 0 atom stereocenters. The van der Waals surface area contributed by atoms with Gasteiger partial charge in [-0.25, -0.2) is 4.39 Å². The Balaban J connectivity index is 2.29. The average molecular weight is 353 g/mol. The molecule has 0 spiro atoms. The first-order valence-electron chi connectivity index (χ1n) is 6.77. The van der Waals surface area contributed by atoms with Crippen molar-refractivity contribution >= 4 is 33.0 Å². The number of aryl methyl sites for hydroxylation is 1. The van der Waals surface area contributed by atoms with Gasteiger partial charge in [0, 0.05) is 5.69 Å². The van der Waals surface area contributed by atoms with Crippen LogP contribution in [0.1, 0.15) is 18.9 Å². The standard InChI is InChI=1S/C16H18BrFN2O/c1-3-7-21-15-6-4-5-13(16(15)19)20-14-9-12(18)11(17)8-10(14)2/h4-6,8-9,20H,3,7,19H2,1-2H3. The van der Waals surface area contributed by atoms with Crippen LogP contribution in [0, 0.1) is 12.7 Å². The first kappa shape index (κ1) is 15.6. The number of nitrogens with one attached hydrogen (secondary N) is 1. The fourth-order valence-electron chi connectivity index (χ4n) is 1.92. The highest BCUT2D eigenvalue weighted by atomic mass is 79.9. The van der Waals surface area contributed by atoms with Crippen LogP contribution >= 0.6 is 15.9 Å². The number of nitrogen functional groups attached to an aromatic ring is 1. The summed E-state index contributed by atoms with van der Waals surface area (Å²) in [7, 11) is 0. The molecule has 0 aromatic heterocycles. The molecular weight excluding hydrogens is 335 g/mol. The van der Waals surface area contributed by atoms with Gasteiger partial charge >= 0.3 is 0 Å². The van der Waals surface area contributed by atoms with E-state index in [1.54, 1.807) is 6.07 Å². The van der Waals surface area contributed by atoms with Gasteiger partial charge in [-0.15, -0.1) is 0 Å². The number of halogens is 2. The molecule has 2 rings (SSSR count). The summed E-state index contributed by atoms with van der Waals surface area (Å²) < 4.78 is 19.7. The summed E-state index contributed by atoms with van der Waals surface area (Å²) in [6, 6.07) is 8.69. The Morgan fingerprint density at radius 3 is 2.76 bits per heavy atom. The van der Waals surface area contributed by atoms with Gasteiger partial charge in [0.25, 0.3) is 0 Å². The van der Waals surface area contributed by atoms with Crippen LogP contribution in [0.2, 0.25) is 0 Å². The van der Waals surface area contributed by atoms with Gasteiger partial charge < -0.3 is 15.8 Å². The molecule has 0 aliphatic heterocycles. The van der Waals surface area contributed by atoms with Gasteiger partial charge in [0.15, 0.2) is 0 Å². The Bertz CT molecular complexity index is 646. The molecule has 0 radical (unpaired) electrons. The molecule has 0 aliphatic carbocycles. The molecule has 0 unspecified atom stereocenters. The molecule has 0 fully saturated rings. The van der Waals surface area contributed by atoms with E-state index in [0.29, 0.717) is 33.9 Å². The van der Waals surface area contributed by atoms with Crippen molar-refractivity contribution in [2.24, 2.45) is 0 Å². The van der Waals surface area contributed by atoms with Gasteiger partial charge in [0.1, 0.15) is 11.6 Å². The number of nitrogens with two attached hydrogens (primary N) is 1. The molecule has 2 aromatic rings.